The molecule has 1 nitrogen and oxygen atoms in total. The lowest BCUT2D eigenvalue weighted by Gasteiger charge is -2.27. The molecule has 0 atom stereocenters. The highest BCUT2D eigenvalue weighted by molar-refractivity contribution is 7.25. The van der Waals surface area contributed by atoms with Crippen molar-refractivity contribution in [2.45, 2.75) is 0 Å². The first-order valence-electron chi connectivity index (χ1n) is 17.2. The molecule has 2 heteroatoms. The fourth-order valence-electron chi connectivity index (χ4n) is 8.37. The number of thiophene rings is 1. The van der Waals surface area contributed by atoms with E-state index in [9.17, 15) is 0 Å². The molecule has 0 amide bonds. The Balaban J connectivity index is 1.22. The molecular weight excluding hydrogens is 623 g/mol. The monoisotopic (exact) mass is 651 g/mol. The predicted octanol–water partition coefficient (Wildman–Crippen LogP) is 14.4. The van der Waals surface area contributed by atoms with Gasteiger partial charge in [-0.15, -0.1) is 11.3 Å². The van der Waals surface area contributed by atoms with Crippen molar-refractivity contribution in [3.8, 4) is 0 Å². The van der Waals surface area contributed by atoms with Crippen molar-refractivity contribution < 1.29 is 0 Å². The van der Waals surface area contributed by atoms with E-state index in [0.29, 0.717) is 0 Å². The van der Waals surface area contributed by atoms with Crippen LogP contribution in [-0.2, 0) is 0 Å². The maximum Gasteiger partial charge on any atom is 0.0476 e. The van der Waals surface area contributed by atoms with Gasteiger partial charge < -0.3 is 4.90 Å². The highest BCUT2D eigenvalue weighted by Crippen LogP contribution is 2.45. The third-order valence-electron chi connectivity index (χ3n) is 10.6. The summed E-state index contributed by atoms with van der Waals surface area (Å²) in [5.74, 6) is 0. The van der Waals surface area contributed by atoms with Gasteiger partial charge in [-0.2, -0.15) is 0 Å². The average molecular weight is 652 g/mol. The summed E-state index contributed by atoms with van der Waals surface area (Å²) in [4.78, 5) is 2.45. The summed E-state index contributed by atoms with van der Waals surface area (Å²) in [5.41, 5.74) is 3.43. The summed E-state index contributed by atoms with van der Waals surface area (Å²) >= 11 is 1.87. The van der Waals surface area contributed by atoms with Gasteiger partial charge in [0.15, 0.2) is 0 Å². The van der Waals surface area contributed by atoms with E-state index in [1.165, 1.54) is 84.8 Å². The van der Waals surface area contributed by atoms with Crippen molar-refractivity contribution in [2.75, 3.05) is 4.90 Å². The van der Waals surface area contributed by atoms with Crippen molar-refractivity contribution in [1.82, 2.24) is 0 Å². The van der Waals surface area contributed by atoms with Crippen LogP contribution >= 0.6 is 11.3 Å². The Kier molecular flexibility index (Phi) is 5.89. The summed E-state index contributed by atoms with van der Waals surface area (Å²) in [5, 5.41) is 18.0. The molecule has 0 aliphatic rings. The predicted molar refractivity (Wildman–Crippen MR) is 219 cm³/mol. The van der Waals surface area contributed by atoms with Crippen molar-refractivity contribution in [3.63, 3.8) is 0 Å². The van der Waals surface area contributed by atoms with Crippen LogP contribution in [0.15, 0.2) is 176 Å². The molecule has 0 spiro atoms. The second-order valence-corrected chi connectivity index (χ2v) is 14.3. The molecule has 1 heterocycles. The van der Waals surface area contributed by atoms with Gasteiger partial charge in [0.2, 0.25) is 0 Å². The largest absolute Gasteiger partial charge is 0.310 e. The third kappa shape index (κ3) is 4.00. The number of hydrogen-bond donors (Lipinski definition) is 0. The molecule has 0 bridgehead atoms. The van der Waals surface area contributed by atoms with Gasteiger partial charge in [-0.1, -0.05) is 133 Å². The molecule has 0 radical (unpaired) electrons. The topological polar surface area (TPSA) is 3.24 Å². The lowest BCUT2D eigenvalue weighted by molar-refractivity contribution is 1.30. The van der Waals surface area contributed by atoms with Crippen LogP contribution in [0.5, 0.6) is 0 Å². The van der Waals surface area contributed by atoms with Gasteiger partial charge in [-0.3, -0.25) is 0 Å². The number of rotatable bonds is 3. The molecule has 0 aliphatic heterocycles. The van der Waals surface area contributed by atoms with Crippen LogP contribution in [0.2, 0.25) is 0 Å². The highest BCUT2D eigenvalue weighted by atomic mass is 32.1. The standard InChI is InChI=1S/C48H29NS/c1-3-15-37-33(11-1)35-13-5-7-17-39(35)45-27-30(21-24-41(37)45)49(32-23-26-44-43-19-9-10-20-47(43)50-48(44)29-32)31-22-25-42-38-16-4-2-12-34(38)36-14-6-8-18-40(36)46(42)28-31/h1-29H. The Labute approximate surface area is 292 Å². The molecule has 0 N–H and O–H groups in total. The number of anilines is 3. The first kappa shape index (κ1) is 27.7. The van der Waals surface area contributed by atoms with Gasteiger partial charge in [0.05, 0.1) is 0 Å². The second-order valence-electron chi connectivity index (χ2n) is 13.3. The van der Waals surface area contributed by atoms with Crippen LogP contribution in [0.1, 0.15) is 0 Å². The lowest BCUT2D eigenvalue weighted by Crippen LogP contribution is -2.10. The summed E-state index contributed by atoms with van der Waals surface area (Å²) < 4.78 is 2.61. The molecule has 0 fully saturated rings. The van der Waals surface area contributed by atoms with Gasteiger partial charge in [0.1, 0.15) is 0 Å². The van der Waals surface area contributed by atoms with Gasteiger partial charge in [-0.25, -0.2) is 0 Å². The molecule has 11 aromatic rings. The molecule has 11 rings (SSSR count). The minimum atomic E-state index is 1.14. The van der Waals surface area contributed by atoms with Crippen molar-refractivity contribution in [2.24, 2.45) is 0 Å². The van der Waals surface area contributed by atoms with Gasteiger partial charge >= 0.3 is 0 Å². The highest BCUT2D eigenvalue weighted by Gasteiger charge is 2.19. The summed E-state index contributed by atoms with van der Waals surface area (Å²) in [6.07, 6.45) is 0. The van der Waals surface area contributed by atoms with Gasteiger partial charge in [0, 0.05) is 37.2 Å². The van der Waals surface area contributed by atoms with Crippen LogP contribution in [-0.4, -0.2) is 0 Å². The van der Waals surface area contributed by atoms with Gasteiger partial charge in [-0.05, 0) is 107 Å². The molecule has 232 valence electrons. The summed E-state index contributed by atoms with van der Waals surface area (Å²) in [7, 11) is 0. The Bertz CT molecular complexity index is 2940. The zero-order chi connectivity index (χ0) is 32.8. The molecular formula is C48H29NS. The average Bonchev–Trinajstić information content (AvgIpc) is 3.56. The lowest BCUT2D eigenvalue weighted by atomic mass is 9.93. The SMILES string of the molecule is c1ccc2c(c1)sc1cc(N(c3ccc4c5ccccc5c5ccccc5c4c3)c3ccc4c5ccccc5c5ccccc5c4c3)ccc12. The van der Waals surface area contributed by atoms with E-state index in [1.807, 2.05) is 11.3 Å². The van der Waals surface area contributed by atoms with Crippen LogP contribution in [0.4, 0.5) is 17.1 Å². The number of fused-ring (bicyclic) bond motifs is 15. The first-order chi connectivity index (χ1) is 24.8. The summed E-state index contributed by atoms with van der Waals surface area (Å²) in [6, 6.07) is 65.1. The van der Waals surface area contributed by atoms with Crippen LogP contribution in [0.3, 0.4) is 0 Å². The van der Waals surface area contributed by atoms with Crippen LogP contribution in [0.25, 0.3) is 84.8 Å². The maximum absolute atomic E-state index is 2.45. The summed E-state index contributed by atoms with van der Waals surface area (Å²) in [6.45, 7) is 0. The Morgan fingerprint density at radius 1 is 0.240 bits per heavy atom. The first-order valence-corrected chi connectivity index (χ1v) is 18.0. The molecule has 1 aromatic heterocycles. The minimum absolute atomic E-state index is 1.14. The number of benzene rings is 10. The smallest absolute Gasteiger partial charge is 0.0476 e. The van der Waals surface area contributed by atoms with Crippen molar-refractivity contribution in [3.05, 3.63) is 176 Å². The number of hydrogen-bond acceptors (Lipinski definition) is 2. The van der Waals surface area contributed by atoms with Crippen LogP contribution < -0.4 is 4.90 Å². The van der Waals surface area contributed by atoms with E-state index in [0.717, 1.165) is 17.1 Å². The molecule has 0 unspecified atom stereocenters. The minimum Gasteiger partial charge on any atom is -0.310 e. The maximum atomic E-state index is 2.45. The molecule has 50 heavy (non-hydrogen) atoms. The molecule has 10 aromatic carbocycles. The van der Waals surface area contributed by atoms with E-state index < -0.39 is 0 Å². The zero-order valence-corrected chi connectivity index (χ0v) is 27.9. The Hall–Kier alpha value is -6.22. The quantitative estimate of drug-likeness (QED) is 0.172. The Morgan fingerprint density at radius 3 is 0.980 bits per heavy atom. The molecule has 0 saturated carbocycles. The normalized spacial score (nSPS) is 12.0. The van der Waals surface area contributed by atoms with Crippen molar-refractivity contribution >= 4 is 113 Å². The van der Waals surface area contributed by atoms with Crippen molar-refractivity contribution in [1.29, 1.82) is 0 Å². The second kappa shape index (κ2) is 10.6. The van der Waals surface area contributed by atoms with E-state index in [-0.39, 0.29) is 0 Å². The van der Waals surface area contributed by atoms with E-state index in [1.54, 1.807) is 0 Å². The molecule has 0 saturated heterocycles. The van der Waals surface area contributed by atoms with E-state index in [4.69, 9.17) is 0 Å². The van der Waals surface area contributed by atoms with E-state index >= 15 is 0 Å². The molecule has 0 aliphatic carbocycles. The fraction of sp³-hybridized carbons (Fsp3) is 0. The Morgan fingerprint density at radius 2 is 0.540 bits per heavy atom. The fourth-order valence-corrected chi connectivity index (χ4v) is 9.51. The van der Waals surface area contributed by atoms with Gasteiger partial charge in [0.25, 0.3) is 0 Å². The van der Waals surface area contributed by atoms with Crippen LogP contribution in [0, 0.1) is 0 Å². The van der Waals surface area contributed by atoms with E-state index in [2.05, 4.69) is 181 Å². The zero-order valence-electron chi connectivity index (χ0n) is 27.1. The third-order valence-corrected chi connectivity index (χ3v) is 11.7. The number of nitrogens with zero attached hydrogens (tertiary/aromatic N) is 1.